The minimum atomic E-state index is -1.30. The fourth-order valence-electron chi connectivity index (χ4n) is 3.82. The second-order valence-electron chi connectivity index (χ2n) is 7.64. The molecule has 0 radical (unpaired) electrons. The highest BCUT2D eigenvalue weighted by Crippen LogP contribution is 2.26. The van der Waals surface area contributed by atoms with Gasteiger partial charge < -0.3 is 20.1 Å². The number of carbonyl (C=O) groups is 2. The molecule has 3 heterocycles. The van der Waals surface area contributed by atoms with Crippen LogP contribution in [0.4, 0.5) is 0 Å². The lowest BCUT2D eigenvalue weighted by molar-refractivity contribution is -0.153. The SMILES string of the molecule is COc1cc(C(=O)N2CCO[C@@](Cc3ccc(-c4cccnc4)cc3)(C(N)=O)C2)ccn1. The Morgan fingerprint density at radius 1 is 1.16 bits per heavy atom. The van der Waals surface area contributed by atoms with Gasteiger partial charge in [0, 0.05) is 43.2 Å². The van der Waals surface area contributed by atoms with Crippen LogP contribution in [0, 0.1) is 0 Å². The molecule has 1 aromatic carbocycles. The minimum absolute atomic E-state index is 0.0656. The van der Waals surface area contributed by atoms with E-state index in [0.29, 0.717) is 18.0 Å². The van der Waals surface area contributed by atoms with E-state index in [4.69, 9.17) is 15.2 Å². The first-order chi connectivity index (χ1) is 15.5. The molecular formula is C24H24N4O4. The summed E-state index contributed by atoms with van der Waals surface area (Å²) in [5.74, 6) is -0.482. The third-order valence-electron chi connectivity index (χ3n) is 5.55. The van der Waals surface area contributed by atoms with Gasteiger partial charge in [-0.2, -0.15) is 0 Å². The van der Waals surface area contributed by atoms with Crippen LogP contribution in [-0.2, 0) is 16.0 Å². The molecule has 1 fully saturated rings. The van der Waals surface area contributed by atoms with Gasteiger partial charge in [-0.3, -0.25) is 14.6 Å². The van der Waals surface area contributed by atoms with E-state index in [1.165, 1.54) is 13.3 Å². The van der Waals surface area contributed by atoms with E-state index < -0.39 is 11.5 Å². The van der Waals surface area contributed by atoms with Gasteiger partial charge in [0.25, 0.3) is 11.8 Å². The molecule has 1 atom stereocenters. The molecule has 2 aromatic heterocycles. The summed E-state index contributed by atoms with van der Waals surface area (Å²) in [6.07, 6.45) is 5.29. The average Bonchev–Trinajstić information content (AvgIpc) is 2.84. The lowest BCUT2D eigenvalue weighted by Crippen LogP contribution is -2.61. The van der Waals surface area contributed by atoms with Crippen molar-refractivity contribution in [3.05, 3.63) is 78.2 Å². The number of hydrogen-bond donors (Lipinski definition) is 1. The predicted molar refractivity (Wildman–Crippen MR) is 118 cm³/mol. The lowest BCUT2D eigenvalue weighted by atomic mass is 9.90. The van der Waals surface area contributed by atoms with E-state index in [1.54, 1.807) is 29.4 Å². The van der Waals surface area contributed by atoms with Crippen molar-refractivity contribution >= 4 is 11.8 Å². The second kappa shape index (κ2) is 9.15. The van der Waals surface area contributed by atoms with Gasteiger partial charge in [-0.1, -0.05) is 30.3 Å². The number of morpholine rings is 1. The summed E-state index contributed by atoms with van der Waals surface area (Å²) in [6, 6.07) is 14.9. The van der Waals surface area contributed by atoms with Gasteiger partial charge in [0.2, 0.25) is 5.88 Å². The zero-order valence-electron chi connectivity index (χ0n) is 17.7. The first-order valence-electron chi connectivity index (χ1n) is 10.2. The van der Waals surface area contributed by atoms with Crippen LogP contribution in [0.5, 0.6) is 5.88 Å². The van der Waals surface area contributed by atoms with Crippen molar-refractivity contribution in [2.45, 2.75) is 12.0 Å². The van der Waals surface area contributed by atoms with Crippen molar-refractivity contribution in [2.24, 2.45) is 5.73 Å². The van der Waals surface area contributed by atoms with Crippen molar-refractivity contribution in [1.82, 2.24) is 14.9 Å². The van der Waals surface area contributed by atoms with Gasteiger partial charge in [0.15, 0.2) is 5.60 Å². The Labute approximate surface area is 186 Å². The van der Waals surface area contributed by atoms with Crippen molar-refractivity contribution in [2.75, 3.05) is 26.8 Å². The topological polar surface area (TPSA) is 108 Å². The van der Waals surface area contributed by atoms with E-state index in [9.17, 15) is 9.59 Å². The van der Waals surface area contributed by atoms with Gasteiger partial charge >= 0.3 is 0 Å². The normalized spacial score (nSPS) is 18.2. The highest BCUT2D eigenvalue weighted by atomic mass is 16.5. The van der Waals surface area contributed by atoms with Crippen molar-refractivity contribution in [3.63, 3.8) is 0 Å². The fraction of sp³-hybridized carbons (Fsp3) is 0.250. The van der Waals surface area contributed by atoms with Crippen LogP contribution in [0.25, 0.3) is 11.1 Å². The number of methoxy groups -OCH3 is 1. The Kier molecular flexibility index (Phi) is 6.13. The van der Waals surface area contributed by atoms with Gasteiger partial charge in [-0.05, 0) is 28.8 Å². The molecule has 1 aliphatic heterocycles. The molecule has 0 spiro atoms. The van der Waals surface area contributed by atoms with E-state index in [1.807, 2.05) is 36.4 Å². The summed E-state index contributed by atoms with van der Waals surface area (Å²) in [4.78, 5) is 35.3. The fourth-order valence-corrected chi connectivity index (χ4v) is 3.82. The summed E-state index contributed by atoms with van der Waals surface area (Å²) < 4.78 is 11.0. The maximum Gasteiger partial charge on any atom is 0.254 e. The zero-order valence-corrected chi connectivity index (χ0v) is 17.7. The first-order valence-corrected chi connectivity index (χ1v) is 10.2. The molecular weight excluding hydrogens is 408 g/mol. The maximum absolute atomic E-state index is 13.1. The van der Waals surface area contributed by atoms with E-state index in [0.717, 1.165) is 16.7 Å². The Hall–Kier alpha value is -3.78. The summed E-state index contributed by atoms with van der Waals surface area (Å²) >= 11 is 0. The molecule has 1 aliphatic rings. The minimum Gasteiger partial charge on any atom is -0.481 e. The van der Waals surface area contributed by atoms with Crippen LogP contribution in [0.15, 0.2) is 67.1 Å². The lowest BCUT2D eigenvalue weighted by Gasteiger charge is -2.40. The number of pyridine rings is 2. The number of amides is 2. The molecule has 0 unspecified atom stereocenters. The predicted octanol–water partition coefficient (Wildman–Crippen LogP) is 2.09. The number of nitrogens with zero attached hydrogens (tertiary/aromatic N) is 3. The zero-order chi connectivity index (χ0) is 22.6. The molecule has 2 amide bonds. The molecule has 8 nitrogen and oxygen atoms in total. The number of primary amides is 1. The summed E-state index contributed by atoms with van der Waals surface area (Å²) in [7, 11) is 1.49. The third-order valence-corrected chi connectivity index (χ3v) is 5.55. The van der Waals surface area contributed by atoms with Crippen LogP contribution < -0.4 is 10.5 Å². The van der Waals surface area contributed by atoms with E-state index in [-0.39, 0.29) is 25.5 Å². The van der Waals surface area contributed by atoms with Gasteiger partial charge in [-0.15, -0.1) is 0 Å². The number of carbonyl (C=O) groups excluding carboxylic acids is 2. The molecule has 0 aliphatic carbocycles. The molecule has 0 bridgehead atoms. The average molecular weight is 432 g/mol. The first kappa shape index (κ1) is 21.5. The van der Waals surface area contributed by atoms with Crippen LogP contribution >= 0.6 is 0 Å². The number of nitrogens with two attached hydrogens (primary N) is 1. The number of hydrogen-bond acceptors (Lipinski definition) is 6. The molecule has 164 valence electrons. The summed E-state index contributed by atoms with van der Waals surface area (Å²) in [5.41, 5.74) is 7.81. The van der Waals surface area contributed by atoms with Gasteiger partial charge in [0.1, 0.15) is 0 Å². The van der Waals surface area contributed by atoms with Crippen molar-refractivity contribution in [1.29, 1.82) is 0 Å². The summed E-state index contributed by atoms with van der Waals surface area (Å²) in [5, 5.41) is 0. The maximum atomic E-state index is 13.1. The number of aromatic nitrogens is 2. The quantitative estimate of drug-likeness (QED) is 0.639. The molecule has 3 aromatic rings. The third kappa shape index (κ3) is 4.45. The van der Waals surface area contributed by atoms with Gasteiger partial charge in [0.05, 0.1) is 20.3 Å². The molecule has 32 heavy (non-hydrogen) atoms. The van der Waals surface area contributed by atoms with Crippen molar-refractivity contribution < 1.29 is 19.1 Å². The molecule has 2 N–H and O–H groups in total. The standard InChI is InChI=1S/C24H24N4O4/c1-31-21-13-19(8-10-27-21)22(29)28-11-12-32-24(16-28,23(25)30)14-17-4-6-18(7-5-17)20-3-2-9-26-15-20/h2-10,13,15H,11-12,14,16H2,1H3,(H2,25,30)/t24-/m1/s1. The Bertz CT molecular complexity index is 1100. The number of ether oxygens (including phenoxy) is 2. The molecule has 0 saturated carbocycles. The summed E-state index contributed by atoms with van der Waals surface area (Å²) in [6.45, 7) is 0.638. The van der Waals surface area contributed by atoms with Crippen LogP contribution in [0.2, 0.25) is 0 Å². The smallest absolute Gasteiger partial charge is 0.254 e. The highest BCUT2D eigenvalue weighted by Gasteiger charge is 2.44. The number of rotatable bonds is 6. The Morgan fingerprint density at radius 3 is 2.66 bits per heavy atom. The van der Waals surface area contributed by atoms with Crippen LogP contribution in [-0.4, -0.2) is 59.1 Å². The Morgan fingerprint density at radius 2 is 1.97 bits per heavy atom. The molecule has 8 heteroatoms. The molecule has 4 rings (SSSR count). The molecule has 1 saturated heterocycles. The number of benzene rings is 1. The Balaban J connectivity index is 1.54. The van der Waals surface area contributed by atoms with Crippen molar-refractivity contribution in [3.8, 4) is 17.0 Å². The van der Waals surface area contributed by atoms with Crippen LogP contribution in [0.3, 0.4) is 0 Å². The van der Waals surface area contributed by atoms with Gasteiger partial charge in [-0.25, -0.2) is 4.98 Å². The van der Waals surface area contributed by atoms with E-state index in [2.05, 4.69) is 9.97 Å². The largest absolute Gasteiger partial charge is 0.481 e. The second-order valence-corrected chi connectivity index (χ2v) is 7.64. The van der Waals surface area contributed by atoms with Crippen LogP contribution in [0.1, 0.15) is 15.9 Å². The van der Waals surface area contributed by atoms with E-state index >= 15 is 0 Å². The highest BCUT2D eigenvalue weighted by molar-refractivity contribution is 5.95. The monoisotopic (exact) mass is 432 g/mol.